The smallest absolute Gasteiger partial charge is 0.312 e. The van der Waals surface area contributed by atoms with Crippen molar-refractivity contribution in [1.29, 1.82) is 0 Å². The van der Waals surface area contributed by atoms with Crippen LogP contribution in [0.1, 0.15) is 21.8 Å². The van der Waals surface area contributed by atoms with Crippen LogP contribution in [-0.2, 0) is 4.79 Å². The minimum absolute atomic E-state index is 0.0283. The van der Waals surface area contributed by atoms with E-state index >= 15 is 0 Å². The number of carbonyl (C=O) groups excluding carboxylic acids is 1. The van der Waals surface area contributed by atoms with Gasteiger partial charge in [-0.25, -0.2) is 4.39 Å². The Kier molecular flexibility index (Phi) is 3.58. The van der Waals surface area contributed by atoms with Crippen LogP contribution in [0, 0.1) is 5.82 Å². The Morgan fingerprint density at radius 1 is 1.23 bits per heavy atom. The third-order valence-corrected chi connectivity index (χ3v) is 3.91. The lowest BCUT2D eigenvalue weighted by Gasteiger charge is -2.18. The predicted octanol–water partition coefficient (Wildman–Crippen LogP) is 3.31. The van der Waals surface area contributed by atoms with Crippen molar-refractivity contribution in [2.75, 3.05) is 11.4 Å². The Morgan fingerprint density at radius 2 is 1.95 bits per heavy atom. The molecule has 22 heavy (non-hydrogen) atoms. The number of nitrogens with zero attached hydrogens (tertiary/aromatic N) is 1. The topological polar surface area (TPSA) is 57.6 Å². The molecule has 0 spiro atoms. The van der Waals surface area contributed by atoms with Crippen LogP contribution in [0.4, 0.5) is 10.1 Å². The molecule has 1 atom stereocenters. The van der Waals surface area contributed by atoms with Gasteiger partial charge in [0.25, 0.3) is 5.91 Å². The molecule has 0 bridgehead atoms. The summed E-state index contributed by atoms with van der Waals surface area (Å²) in [4.78, 5) is 25.2. The number of fused-ring (bicyclic) bond motifs is 1. The maximum Gasteiger partial charge on any atom is 0.312 e. The highest BCUT2D eigenvalue weighted by molar-refractivity contribution is 6.31. The summed E-state index contributed by atoms with van der Waals surface area (Å²) in [6, 6.07) is 10.4. The summed E-state index contributed by atoms with van der Waals surface area (Å²) < 4.78 is 13.9. The number of aliphatic carboxylic acids is 1. The van der Waals surface area contributed by atoms with E-state index in [1.165, 1.54) is 17.0 Å². The second-order valence-electron chi connectivity index (χ2n) is 4.99. The fourth-order valence-corrected chi connectivity index (χ4v) is 2.79. The molecule has 1 aliphatic rings. The molecular formula is C16H11ClFNO3. The molecule has 0 aromatic heterocycles. The first kappa shape index (κ1) is 14.5. The van der Waals surface area contributed by atoms with E-state index < -0.39 is 23.6 Å². The molecule has 0 radical (unpaired) electrons. The number of carbonyl (C=O) groups is 2. The number of benzene rings is 2. The summed E-state index contributed by atoms with van der Waals surface area (Å²) in [5.41, 5.74) is 0.860. The second-order valence-corrected chi connectivity index (χ2v) is 5.43. The number of carboxylic acid groups (broad SMARTS) is 1. The maximum atomic E-state index is 13.9. The number of hydrogen-bond donors (Lipinski definition) is 1. The summed E-state index contributed by atoms with van der Waals surface area (Å²) in [5, 5.41) is 9.54. The molecule has 0 aliphatic carbocycles. The van der Waals surface area contributed by atoms with Crippen molar-refractivity contribution >= 4 is 29.2 Å². The lowest BCUT2D eigenvalue weighted by Crippen LogP contribution is -2.31. The molecule has 1 N–H and O–H groups in total. The minimum Gasteiger partial charge on any atom is -0.481 e. The van der Waals surface area contributed by atoms with Gasteiger partial charge in [0.1, 0.15) is 11.7 Å². The molecular weight excluding hydrogens is 309 g/mol. The standard InChI is InChI=1S/C16H11ClFNO3/c17-9-5-6-13(18)11(7-9)15(20)19-8-12(16(21)22)10-3-1-2-4-14(10)19/h1-7,12H,8H2,(H,21,22)/t12-/m1/s1. The van der Waals surface area contributed by atoms with Gasteiger partial charge in [0.2, 0.25) is 0 Å². The predicted molar refractivity (Wildman–Crippen MR) is 79.9 cm³/mol. The third-order valence-electron chi connectivity index (χ3n) is 3.67. The van der Waals surface area contributed by atoms with Crippen LogP contribution in [0.5, 0.6) is 0 Å². The lowest BCUT2D eigenvalue weighted by molar-refractivity contribution is -0.138. The average molecular weight is 320 g/mol. The molecule has 0 saturated carbocycles. The first-order chi connectivity index (χ1) is 10.5. The van der Waals surface area contributed by atoms with Crippen LogP contribution in [0.3, 0.4) is 0 Å². The van der Waals surface area contributed by atoms with Gasteiger partial charge in [0.15, 0.2) is 0 Å². The summed E-state index contributed by atoms with van der Waals surface area (Å²) in [7, 11) is 0. The molecule has 4 nitrogen and oxygen atoms in total. The lowest BCUT2D eigenvalue weighted by atomic mass is 10.0. The van der Waals surface area contributed by atoms with Gasteiger partial charge in [0.05, 0.1) is 5.56 Å². The number of hydrogen-bond acceptors (Lipinski definition) is 2. The second kappa shape index (κ2) is 5.42. The number of para-hydroxylation sites is 1. The van der Waals surface area contributed by atoms with Crippen LogP contribution in [0.2, 0.25) is 5.02 Å². The fraction of sp³-hybridized carbons (Fsp3) is 0.125. The van der Waals surface area contributed by atoms with Gasteiger partial charge >= 0.3 is 5.97 Å². The highest BCUT2D eigenvalue weighted by Gasteiger charge is 2.37. The molecule has 0 fully saturated rings. The molecule has 0 saturated heterocycles. The van der Waals surface area contributed by atoms with Crippen molar-refractivity contribution in [3.8, 4) is 0 Å². The van der Waals surface area contributed by atoms with Crippen LogP contribution in [0.15, 0.2) is 42.5 Å². The average Bonchev–Trinajstić information content (AvgIpc) is 2.89. The van der Waals surface area contributed by atoms with Crippen molar-refractivity contribution in [3.05, 3.63) is 64.4 Å². The van der Waals surface area contributed by atoms with Gasteiger partial charge in [-0.15, -0.1) is 0 Å². The van der Waals surface area contributed by atoms with E-state index in [4.69, 9.17) is 11.6 Å². The van der Waals surface area contributed by atoms with Gasteiger partial charge in [-0.1, -0.05) is 29.8 Å². The van der Waals surface area contributed by atoms with Gasteiger partial charge in [-0.2, -0.15) is 0 Å². The molecule has 3 rings (SSSR count). The molecule has 0 unspecified atom stereocenters. The Morgan fingerprint density at radius 3 is 2.68 bits per heavy atom. The van der Waals surface area contributed by atoms with E-state index in [1.54, 1.807) is 24.3 Å². The zero-order chi connectivity index (χ0) is 15.9. The number of amides is 1. The van der Waals surface area contributed by atoms with Crippen molar-refractivity contribution in [3.63, 3.8) is 0 Å². The molecule has 2 aromatic carbocycles. The zero-order valence-corrected chi connectivity index (χ0v) is 12.0. The van der Waals surface area contributed by atoms with E-state index in [2.05, 4.69) is 0 Å². The molecule has 2 aromatic rings. The Labute approximate surface area is 130 Å². The zero-order valence-electron chi connectivity index (χ0n) is 11.3. The van der Waals surface area contributed by atoms with Crippen LogP contribution < -0.4 is 4.90 Å². The summed E-state index contributed by atoms with van der Waals surface area (Å²) in [5.74, 6) is -3.13. The van der Waals surface area contributed by atoms with Crippen LogP contribution in [-0.4, -0.2) is 23.5 Å². The monoisotopic (exact) mass is 319 g/mol. The third kappa shape index (κ3) is 2.33. The first-order valence-electron chi connectivity index (χ1n) is 6.57. The SMILES string of the molecule is O=C(O)[C@@H]1CN(C(=O)c2cc(Cl)ccc2F)c2ccccc21. The highest BCUT2D eigenvalue weighted by Crippen LogP contribution is 2.37. The van der Waals surface area contributed by atoms with Gasteiger partial charge in [0, 0.05) is 17.3 Å². The van der Waals surface area contributed by atoms with Crippen molar-refractivity contribution in [1.82, 2.24) is 0 Å². The van der Waals surface area contributed by atoms with E-state index in [-0.39, 0.29) is 17.1 Å². The largest absolute Gasteiger partial charge is 0.481 e. The van der Waals surface area contributed by atoms with Crippen LogP contribution >= 0.6 is 11.6 Å². The van der Waals surface area contributed by atoms with Gasteiger partial charge in [-0.05, 0) is 29.8 Å². The first-order valence-corrected chi connectivity index (χ1v) is 6.95. The Hall–Kier alpha value is -2.40. The normalized spacial score (nSPS) is 16.5. The van der Waals surface area contributed by atoms with Crippen molar-refractivity contribution in [2.45, 2.75) is 5.92 Å². The molecule has 6 heteroatoms. The van der Waals surface area contributed by atoms with Crippen LogP contribution in [0.25, 0.3) is 0 Å². The molecule has 1 aliphatic heterocycles. The van der Waals surface area contributed by atoms with Gasteiger partial charge in [-0.3, -0.25) is 9.59 Å². The molecule has 1 heterocycles. The summed E-state index contributed by atoms with van der Waals surface area (Å²) >= 11 is 5.82. The highest BCUT2D eigenvalue weighted by atomic mass is 35.5. The number of halogens is 2. The van der Waals surface area contributed by atoms with E-state index in [9.17, 15) is 19.1 Å². The van der Waals surface area contributed by atoms with Gasteiger partial charge < -0.3 is 10.0 Å². The maximum absolute atomic E-state index is 13.9. The molecule has 112 valence electrons. The quantitative estimate of drug-likeness (QED) is 0.924. The number of anilines is 1. The van der Waals surface area contributed by atoms with Crippen molar-refractivity contribution < 1.29 is 19.1 Å². The minimum atomic E-state index is -1.02. The summed E-state index contributed by atoms with van der Waals surface area (Å²) in [6.45, 7) is -0.0283. The Balaban J connectivity index is 2.04. The van der Waals surface area contributed by atoms with Crippen molar-refractivity contribution in [2.24, 2.45) is 0 Å². The Bertz CT molecular complexity index is 778. The van der Waals surface area contributed by atoms with E-state index in [0.29, 0.717) is 11.3 Å². The number of carboxylic acids is 1. The summed E-state index contributed by atoms with van der Waals surface area (Å²) in [6.07, 6.45) is 0. The molecule has 1 amide bonds. The van der Waals surface area contributed by atoms with E-state index in [1.807, 2.05) is 0 Å². The number of rotatable bonds is 2. The fourth-order valence-electron chi connectivity index (χ4n) is 2.62. The van der Waals surface area contributed by atoms with E-state index in [0.717, 1.165) is 6.07 Å².